The summed E-state index contributed by atoms with van der Waals surface area (Å²) in [5.41, 5.74) is 11.7. The standard InChI is InChI=1S/C22H28N4O.2ClH/c1-14(2)16-7-9-17(10-8-16)18(23)13-24-21(27)12-11-20-25-19-6-4-5-15(3)22(19)26-20;;/h4-10,14,18H,11-13,23H2,1-3H3,(H,24,27)(H,25,26);2*1H. The van der Waals surface area contributed by atoms with Gasteiger partial charge in [0, 0.05) is 25.4 Å². The first-order chi connectivity index (χ1) is 12.9. The maximum atomic E-state index is 12.2. The van der Waals surface area contributed by atoms with Gasteiger partial charge in [0.1, 0.15) is 5.82 Å². The lowest BCUT2D eigenvalue weighted by Gasteiger charge is -2.14. The van der Waals surface area contributed by atoms with Crippen LogP contribution in [0.4, 0.5) is 0 Å². The average Bonchev–Trinajstić information content (AvgIpc) is 3.09. The summed E-state index contributed by atoms with van der Waals surface area (Å²) in [6.07, 6.45) is 0.968. The number of H-pyrrole nitrogens is 1. The second-order valence-corrected chi connectivity index (χ2v) is 7.39. The van der Waals surface area contributed by atoms with Crippen molar-refractivity contribution in [3.63, 3.8) is 0 Å². The second kappa shape index (κ2) is 11.2. The lowest BCUT2D eigenvalue weighted by atomic mass is 9.99. The number of carbonyl (C=O) groups excluding carboxylic acids is 1. The van der Waals surface area contributed by atoms with Crippen molar-refractivity contribution in [1.82, 2.24) is 15.3 Å². The summed E-state index contributed by atoms with van der Waals surface area (Å²) in [7, 11) is 0. The Morgan fingerprint density at radius 2 is 1.76 bits per heavy atom. The summed E-state index contributed by atoms with van der Waals surface area (Å²) < 4.78 is 0. The lowest BCUT2D eigenvalue weighted by molar-refractivity contribution is -0.121. The molecule has 5 nitrogen and oxygen atoms in total. The Morgan fingerprint density at radius 3 is 2.38 bits per heavy atom. The average molecular weight is 437 g/mol. The molecule has 0 aliphatic rings. The first-order valence-corrected chi connectivity index (χ1v) is 9.50. The van der Waals surface area contributed by atoms with Gasteiger partial charge < -0.3 is 16.0 Å². The number of benzene rings is 2. The number of para-hydroxylation sites is 1. The molecular formula is C22H30Cl2N4O. The van der Waals surface area contributed by atoms with E-state index in [1.165, 1.54) is 5.56 Å². The molecule has 0 fully saturated rings. The predicted molar refractivity (Wildman–Crippen MR) is 124 cm³/mol. The first kappa shape index (κ1) is 25.0. The van der Waals surface area contributed by atoms with Gasteiger partial charge >= 0.3 is 0 Å². The van der Waals surface area contributed by atoms with Crippen LogP contribution in [0.5, 0.6) is 0 Å². The van der Waals surface area contributed by atoms with Crippen molar-refractivity contribution < 1.29 is 4.79 Å². The molecule has 2 aromatic carbocycles. The van der Waals surface area contributed by atoms with Crippen LogP contribution in [0.1, 0.15) is 54.7 Å². The number of nitrogens with two attached hydrogens (primary N) is 1. The van der Waals surface area contributed by atoms with E-state index in [9.17, 15) is 4.79 Å². The quantitative estimate of drug-likeness (QED) is 0.506. The molecule has 7 heteroatoms. The Bertz CT molecular complexity index is 922. The zero-order chi connectivity index (χ0) is 19.4. The molecule has 0 radical (unpaired) electrons. The van der Waals surface area contributed by atoms with Gasteiger partial charge in [0.25, 0.3) is 0 Å². The van der Waals surface area contributed by atoms with E-state index < -0.39 is 0 Å². The van der Waals surface area contributed by atoms with Crippen LogP contribution in [0.25, 0.3) is 11.0 Å². The van der Waals surface area contributed by atoms with Gasteiger partial charge in [-0.2, -0.15) is 0 Å². The molecule has 1 unspecified atom stereocenters. The molecule has 0 aliphatic carbocycles. The molecule has 29 heavy (non-hydrogen) atoms. The number of carbonyl (C=O) groups is 1. The minimum atomic E-state index is -0.205. The number of aryl methyl sites for hydroxylation is 2. The highest BCUT2D eigenvalue weighted by molar-refractivity contribution is 5.85. The van der Waals surface area contributed by atoms with Crippen LogP contribution in [-0.4, -0.2) is 22.4 Å². The highest BCUT2D eigenvalue weighted by atomic mass is 35.5. The number of nitrogens with one attached hydrogen (secondary N) is 2. The first-order valence-electron chi connectivity index (χ1n) is 9.50. The minimum Gasteiger partial charge on any atom is -0.354 e. The fourth-order valence-corrected chi connectivity index (χ4v) is 3.14. The summed E-state index contributed by atoms with van der Waals surface area (Å²) >= 11 is 0. The zero-order valence-electron chi connectivity index (χ0n) is 17.1. The molecule has 1 aromatic heterocycles. The van der Waals surface area contributed by atoms with E-state index in [2.05, 4.69) is 41.3 Å². The Hall–Kier alpha value is -2.08. The Labute approximate surface area is 184 Å². The van der Waals surface area contributed by atoms with Crippen LogP contribution < -0.4 is 11.1 Å². The Balaban J connectivity index is 0.00000210. The lowest BCUT2D eigenvalue weighted by Crippen LogP contribution is -2.32. The van der Waals surface area contributed by atoms with Crippen molar-refractivity contribution in [3.8, 4) is 0 Å². The number of rotatable bonds is 7. The van der Waals surface area contributed by atoms with Gasteiger partial charge in [-0.05, 0) is 35.6 Å². The number of aromatic nitrogens is 2. The van der Waals surface area contributed by atoms with E-state index in [1.807, 2.05) is 37.3 Å². The third-order valence-corrected chi connectivity index (χ3v) is 4.90. The highest BCUT2D eigenvalue weighted by Gasteiger charge is 2.11. The second-order valence-electron chi connectivity index (χ2n) is 7.39. The maximum Gasteiger partial charge on any atom is 0.220 e. The molecule has 4 N–H and O–H groups in total. The van der Waals surface area contributed by atoms with Crippen LogP contribution in [0, 0.1) is 6.92 Å². The number of fused-ring (bicyclic) bond motifs is 1. The number of halogens is 2. The SMILES string of the molecule is Cc1cccc2[nH]c(CCC(=O)NCC(N)c3ccc(C(C)C)cc3)nc12.Cl.Cl. The molecule has 0 spiro atoms. The number of imidazole rings is 1. The molecule has 0 saturated carbocycles. The largest absolute Gasteiger partial charge is 0.354 e. The van der Waals surface area contributed by atoms with Gasteiger partial charge in [-0.1, -0.05) is 50.2 Å². The third kappa shape index (κ3) is 6.46. The maximum absolute atomic E-state index is 12.2. The molecule has 3 aromatic rings. The molecule has 1 atom stereocenters. The van der Waals surface area contributed by atoms with Crippen molar-refractivity contribution in [2.75, 3.05) is 6.54 Å². The Kier molecular flexibility index (Phi) is 9.63. The van der Waals surface area contributed by atoms with E-state index in [0.717, 1.165) is 28.0 Å². The normalized spacial score (nSPS) is 11.6. The number of aromatic amines is 1. The third-order valence-electron chi connectivity index (χ3n) is 4.90. The molecule has 3 rings (SSSR count). The van der Waals surface area contributed by atoms with Crippen LogP contribution in [0.3, 0.4) is 0 Å². The van der Waals surface area contributed by atoms with Crippen molar-refractivity contribution in [1.29, 1.82) is 0 Å². The van der Waals surface area contributed by atoms with Crippen molar-refractivity contribution in [3.05, 3.63) is 65.0 Å². The fourth-order valence-electron chi connectivity index (χ4n) is 3.14. The van der Waals surface area contributed by atoms with Crippen LogP contribution >= 0.6 is 24.8 Å². The van der Waals surface area contributed by atoms with E-state index >= 15 is 0 Å². The fraction of sp³-hybridized carbons (Fsp3) is 0.364. The summed E-state index contributed by atoms with van der Waals surface area (Å²) in [5, 5.41) is 2.93. The Morgan fingerprint density at radius 1 is 1.10 bits per heavy atom. The zero-order valence-corrected chi connectivity index (χ0v) is 18.7. The van der Waals surface area contributed by atoms with Gasteiger partial charge in [0.2, 0.25) is 5.91 Å². The number of hydrogen-bond donors (Lipinski definition) is 3. The number of amides is 1. The summed E-state index contributed by atoms with van der Waals surface area (Å²) in [6, 6.07) is 14.1. The van der Waals surface area contributed by atoms with Gasteiger partial charge in [-0.25, -0.2) is 4.98 Å². The van der Waals surface area contributed by atoms with Crippen LogP contribution in [0.15, 0.2) is 42.5 Å². The van der Waals surface area contributed by atoms with Gasteiger partial charge in [-0.15, -0.1) is 24.8 Å². The summed E-state index contributed by atoms with van der Waals surface area (Å²) in [6.45, 7) is 6.80. The summed E-state index contributed by atoms with van der Waals surface area (Å²) in [5.74, 6) is 1.32. The molecule has 0 bridgehead atoms. The van der Waals surface area contributed by atoms with Gasteiger partial charge in [-0.3, -0.25) is 4.79 Å². The molecule has 0 aliphatic heterocycles. The molecule has 1 heterocycles. The van der Waals surface area contributed by atoms with Crippen LogP contribution in [-0.2, 0) is 11.2 Å². The molecular weight excluding hydrogens is 407 g/mol. The molecule has 1 amide bonds. The topological polar surface area (TPSA) is 83.8 Å². The van der Waals surface area contributed by atoms with E-state index in [4.69, 9.17) is 5.73 Å². The van der Waals surface area contributed by atoms with Gasteiger partial charge in [0.05, 0.1) is 11.0 Å². The van der Waals surface area contributed by atoms with Crippen LogP contribution in [0.2, 0.25) is 0 Å². The van der Waals surface area contributed by atoms with E-state index in [1.54, 1.807) is 0 Å². The van der Waals surface area contributed by atoms with E-state index in [-0.39, 0.29) is 36.8 Å². The monoisotopic (exact) mass is 436 g/mol. The van der Waals surface area contributed by atoms with Crippen molar-refractivity contribution in [2.45, 2.75) is 45.6 Å². The smallest absolute Gasteiger partial charge is 0.220 e. The predicted octanol–water partition coefficient (Wildman–Crippen LogP) is 4.59. The number of hydrogen-bond acceptors (Lipinski definition) is 3. The van der Waals surface area contributed by atoms with Gasteiger partial charge in [0.15, 0.2) is 0 Å². The van der Waals surface area contributed by atoms with E-state index in [0.29, 0.717) is 25.3 Å². The highest BCUT2D eigenvalue weighted by Crippen LogP contribution is 2.18. The number of nitrogens with zero attached hydrogens (tertiary/aromatic N) is 1. The molecule has 158 valence electrons. The van der Waals surface area contributed by atoms with Crippen molar-refractivity contribution >= 4 is 41.8 Å². The van der Waals surface area contributed by atoms with Crippen molar-refractivity contribution in [2.24, 2.45) is 5.73 Å². The summed E-state index contributed by atoms with van der Waals surface area (Å²) in [4.78, 5) is 20.0. The minimum absolute atomic E-state index is 0. The molecule has 0 saturated heterocycles.